The van der Waals surface area contributed by atoms with Gasteiger partial charge in [0, 0.05) is 0 Å². The molecule has 0 aromatic heterocycles. The van der Waals surface area contributed by atoms with E-state index in [1.165, 1.54) is 0 Å². The Morgan fingerprint density at radius 1 is 1.78 bits per heavy atom. The van der Waals surface area contributed by atoms with Gasteiger partial charge in [-0.25, -0.2) is 0 Å². The third kappa shape index (κ3) is 2.94. The van der Waals surface area contributed by atoms with Crippen molar-refractivity contribution in [2.24, 2.45) is 0 Å². The summed E-state index contributed by atoms with van der Waals surface area (Å²) < 4.78 is 0. The summed E-state index contributed by atoms with van der Waals surface area (Å²) >= 11 is 0. The number of terminal acetylenes is 1. The average molecular weight is 123 g/mol. The van der Waals surface area contributed by atoms with Crippen LogP contribution in [0.3, 0.4) is 0 Å². The minimum atomic E-state index is 0.211. The fourth-order valence-corrected chi connectivity index (χ4v) is 0.586. The van der Waals surface area contributed by atoms with Gasteiger partial charge in [-0.15, -0.1) is 13.0 Å². The van der Waals surface area contributed by atoms with Crippen molar-refractivity contribution in [1.82, 2.24) is 4.90 Å². The van der Waals surface area contributed by atoms with Crippen LogP contribution in [0.1, 0.15) is 6.42 Å². The highest BCUT2D eigenvalue weighted by Crippen LogP contribution is 1.96. The lowest BCUT2D eigenvalue weighted by atomic mass is 10.2. The molecule has 1 atom stereocenters. The van der Waals surface area contributed by atoms with Crippen LogP contribution in [0.5, 0.6) is 0 Å². The van der Waals surface area contributed by atoms with Gasteiger partial charge >= 0.3 is 0 Å². The van der Waals surface area contributed by atoms with Crippen molar-refractivity contribution in [3.63, 3.8) is 0 Å². The van der Waals surface area contributed by atoms with Crippen LogP contribution in [-0.2, 0) is 0 Å². The summed E-state index contributed by atoms with van der Waals surface area (Å²) in [6, 6.07) is 0.211. The van der Waals surface area contributed by atoms with Gasteiger partial charge in [-0.2, -0.15) is 0 Å². The van der Waals surface area contributed by atoms with E-state index in [9.17, 15) is 0 Å². The van der Waals surface area contributed by atoms with Crippen molar-refractivity contribution in [3.05, 3.63) is 12.7 Å². The van der Waals surface area contributed by atoms with Crippen LogP contribution in [0.25, 0.3) is 0 Å². The fourth-order valence-electron chi connectivity index (χ4n) is 0.586. The zero-order chi connectivity index (χ0) is 7.28. The third-order valence-electron chi connectivity index (χ3n) is 1.21. The van der Waals surface area contributed by atoms with Crippen LogP contribution < -0.4 is 0 Å². The predicted octanol–water partition coefficient (Wildman–Crippen LogP) is 1.13. The molecule has 0 heterocycles. The lowest BCUT2D eigenvalue weighted by molar-refractivity contribution is 0.355. The van der Waals surface area contributed by atoms with Crippen molar-refractivity contribution < 1.29 is 0 Å². The summed E-state index contributed by atoms with van der Waals surface area (Å²) in [6.07, 6.45) is 7.92. The Balaban J connectivity index is 3.71. The molecule has 0 aliphatic heterocycles. The van der Waals surface area contributed by atoms with Crippen LogP contribution >= 0.6 is 0 Å². The number of hydrogen-bond donors (Lipinski definition) is 0. The maximum atomic E-state index is 5.22. The Morgan fingerprint density at radius 3 is 2.44 bits per heavy atom. The van der Waals surface area contributed by atoms with E-state index in [0.29, 0.717) is 0 Å². The molecular weight excluding hydrogens is 110 g/mol. The topological polar surface area (TPSA) is 3.24 Å². The van der Waals surface area contributed by atoms with E-state index in [1.807, 2.05) is 25.1 Å². The molecule has 0 aromatic rings. The van der Waals surface area contributed by atoms with Crippen molar-refractivity contribution in [2.75, 3.05) is 14.1 Å². The molecular formula is C8H13N. The average Bonchev–Trinajstić information content (AvgIpc) is 1.82. The zero-order valence-electron chi connectivity index (χ0n) is 6.09. The molecule has 0 fully saturated rings. The molecule has 9 heavy (non-hydrogen) atoms. The lowest BCUT2D eigenvalue weighted by Crippen LogP contribution is -2.25. The van der Waals surface area contributed by atoms with E-state index >= 15 is 0 Å². The first-order valence-electron chi connectivity index (χ1n) is 2.95. The highest BCUT2D eigenvalue weighted by Gasteiger charge is 2.02. The molecule has 0 N–H and O–H groups in total. The molecule has 1 unspecified atom stereocenters. The molecule has 0 amide bonds. The monoisotopic (exact) mass is 123 g/mol. The van der Waals surface area contributed by atoms with E-state index < -0.39 is 0 Å². The van der Waals surface area contributed by atoms with Crippen LogP contribution in [-0.4, -0.2) is 25.0 Å². The lowest BCUT2D eigenvalue weighted by Gasteiger charge is -2.15. The molecule has 0 saturated carbocycles. The van der Waals surface area contributed by atoms with Gasteiger partial charge in [0.15, 0.2) is 0 Å². The Bertz CT molecular complexity index is 119. The molecule has 0 aliphatic carbocycles. The molecule has 0 radical (unpaired) electrons. The highest BCUT2D eigenvalue weighted by molar-refractivity contribution is 5.01. The minimum absolute atomic E-state index is 0.211. The summed E-state index contributed by atoms with van der Waals surface area (Å²) in [5.74, 6) is 2.66. The summed E-state index contributed by atoms with van der Waals surface area (Å²) in [5.41, 5.74) is 0. The van der Waals surface area contributed by atoms with Gasteiger partial charge in [-0.1, -0.05) is 12.0 Å². The van der Waals surface area contributed by atoms with Crippen LogP contribution in [0.2, 0.25) is 0 Å². The molecule has 0 saturated heterocycles. The van der Waals surface area contributed by atoms with Crippen LogP contribution in [0, 0.1) is 12.3 Å². The SMILES string of the molecule is C#CC(CC=C)N(C)C. The normalized spacial score (nSPS) is 12.7. The van der Waals surface area contributed by atoms with Crippen LogP contribution in [0.4, 0.5) is 0 Å². The van der Waals surface area contributed by atoms with E-state index in [-0.39, 0.29) is 6.04 Å². The summed E-state index contributed by atoms with van der Waals surface area (Å²) in [6.45, 7) is 3.61. The van der Waals surface area contributed by atoms with Gasteiger partial charge in [-0.05, 0) is 20.5 Å². The summed E-state index contributed by atoms with van der Waals surface area (Å²) in [4.78, 5) is 2.00. The van der Waals surface area contributed by atoms with Crippen molar-refractivity contribution in [1.29, 1.82) is 0 Å². The van der Waals surface area contributed by atoms with E-state index in [2.05, 4.69) is 12.5 Å². The van der Waals surface area contributed by atoms with E-state index in [1.54, 1.807) is 0 Å². The van der Waals surface area contributed by atoms with Crippen molar-refractivity contribution in [3.8, 4) is 12.3 Å². The van der Waals surface area contributed by atoms with Gasteiger partial charge in [0.2, 0.25) is 0 Å². The van der Waals surface area contributed by atoms with Gasteiger partial charge in [0.1, 0.15) is 0 Å². The Morgan fingerprint density at radius 2 is 2.33 bits per heavy atom. The highest BCUT2D eigenvalue weighted by atomic mass is 15.1. The van der Waals surface area contributed by atoms with Gasteiger partial charge in [0.05, 0.1) is 6.04 Å². The van der Waals surface area contributed by atoms with Crippen molar-refractivity contribution in [2.45, 2.75) is 12.5 Å². The second-order valence-electron chi connectivity index (χ2n) is 2.17. The third-order valence-corrected chi connectivity index (χ3v) is 1.21. The maximum Gasteiger partial charge on any atom is 0.0741 e. The number of nitrogens with zero attached hydrogens (tertiary/aromatic N) is 1. The van der Waals surface area contributed by atoms with Gasteiger partial charge in [-0.3, -0.25) is 4.90 Å². The Hall–Kier alpha value is -0.740. The minimum Gasteiger partial charge on any atom is -0.296 e. The second kappa shape index (κ2) is 4.17. The summed E-state index contributed by atoms with van der Waals surface area (Å²) in [7, 11) is 3.93. The first kappa shape index (κ1) is 8.26. The first-order valence-corrected chi connectivity index (χ1v) is 2.95. The molecule has 0 aliphatic rings. The molecule has 0 spiro atoms. The molecule has 50 valence electrons. The second-order valence-corrected chi connectivity index (χ2v) is 2.17. The summed E-state index contributed by atoms with van der Waals surface area (Å²) in [5, 5.41) is 0. The molecule has 0 rings (SSSR count). The molecule has 1 heteroatoms. The molecule has 1 nitrogen and oxygen atoms in total. The van der Waals surface area contributed by atoms with E-state index in [4.69, 9.17) is 6.42 Å². The smallest absolute Gasteiger partial charge is 0.0741 e. The maximum absolute atomic E-state index is 5.22. The molecule has 0 bridgehead atoms. The standard InChI is InChI=1S/C8H13N/c1-5-7-8(6-2)9(3)4/h2,5,8H,1,7H2,3-4H3. The Kier molecular flexibility index (Phi) is 3.83. The largest absolute Gasteiger partial charge is 0.296 e. The number of rotatable bonds is 3. The molecule has 0 aromatic carbocycles. The van der Waals surface area contributed by atoms with E-state index in [0.717, 1.165) is 6.42 Å². The van der Waals surface area contributed by atoms with Crippen molar-refractivity contribution >= 4 is 0 Å². The quantitative estimate of drug-likeness (QED) is 0.401. The van der Waals surface area contributed by atoms with Gasteiger partial charge < -0.3 is 0 Å². The van der Waals surface area contributed by atoms with Gasteiger partial charge in [0.25, 0.3) is 0 Å². The Labute approximate surface area is 57.4 Å². The first-order chi connectivity index (χ1) is 4.22. The van der Waals surface area contributed by atoms with Crippen LogP contribution in [0.15, 0.2) is 12.7 Å². The fraction of sp³-hybridized carbons (Fsp3) is 0.500. The zero-order valence-corrected chi connectivity index (χ0v) is 6.09. The number of hydrogen-bond acceptors (Lipinski definition) is 1. The predicted molar refractivity (Wildman–Crippen MR) is 41.1 cm³/mol.